The lowest BCUT2D eigenvalue weighted by molar-refractivity contribution is -0.137. The lowest BCUT2D eigenvalue weighted by Gasteiger charge is -2.08. The summed E-state index contributed by atoms with van der Waals surface area (Å²) < 4.78 is 43.6. The fourth-order valence-corrected chi connectivity index (χ4v) is 3.00. The number of anilines is 1. The maximum atomic E-state index is 12.8. The zero-order valence-corrected chi connectivity index (χ0v) is 16.3. The summed E-state index contributed by atoms with van der Waals surface area (Å²) in [6, 6.07) is 13.0. The van der Waals surface area contributed by atoms with E-state index in [4.69, 9.17) is 4.74 Å². The van der Waals surface area contributed by atoms with Gasteiger partial charge in [-0.2, -0.15) is 13.2 Å². The number of nitrogens with one attached hydrogen (secondary N) is 2. The Balaban J connectivity index is 2.06. The van der Waals surface area contributed by atoms with Crippen LogP contribution in [-0.2, 0) is 15.7 Å². The van der Waals surface area contributed by atoms with Gasteiger partial charge in [0.25, 0.3) is 0 Å². The highest BCUT2D eigenvalue weighted by molar-refractivity contribution is 5.99. The Kier molecular flexibility index (Phi) is 5.96. The third kappa shape index (κ3) is 4.71. The molecule has 1 heterocycles. The molecule has 0 bridgehead atoms. The van der Waals surface area contributed by atoms with Crippen LogP contribution < -0.4 is 5.32 Å². The van der Waals surface area contributed by atoms with Crippen LogP contribution in [0.25, 0.3) is 22.5 Å². The van der Waals surface area contributed by atoms with Crippen LogP contribution in [0.5, 0.6) is 0 Å². The number of esters is 1. The number of halogens is 3. The number of benzene rings is 2. The van der Waals surface area contributed by atoms with E-state index in [0.29, 0.717) is 28.2 Å². The maximum absolute atomic E-state index is 12.8. The molecule has 0 radical (unpaired) electrons. The van der Waals surface area contributed by atoms with Crippen molar-refractivity contribution in [3.8, 4) is 22.5 Å². The van der Waals surface area contributed by atoms with Gasteiger partial charge in [-0.1, -0.05) is 24.3 Å². The van der Waals surface area contributed by atoms with Gasteiger partial charge in [0.2, 0.25) is 5.91 Å². The number of hydrogen-bond acceptors (Lipinski definition) is 3. The van der Waals surface area contributed by atoms with Crippen LogP contribution in [0.4, 0.5) is 18.9 Å². The number of amides is 1. The molecule has 1 aromatic heterocycles. The van der Waals surface area contributed by atoms with Gasteiger partial charge in [-0.25, -0.2) is 4.79 Å². The molecule has 0 aliphatic heterocycles. The molecule has 0 unspecified atom stereocenters. The normalized spacial score (nSPS) is 11.2. The highest BCUT2D eigenvalue weighted by atomic mass is 19.4. The molecule has 5 nitrogen and oxygen atoms in total. The minimum Gasteiger partial charge on any atom is -0.462 e. The zero-order valence-electron chi connectivity index (χ0n) is 16.3. The van der Waals surface area contributed by atoms with Crippen molar-refractivity contribution in [2.45, 2.75) is 20.0 Å². The van der Waals surface area contributed by atoms with Crippen molar-refractivity contribution >= 4 is 17.6 Å². The van der Waals surface area contributed by atoms with Crippen molar-refractivity contribution in [3.63, 3.8) is 0 Å². The molecule has 3 aromatic rings. The van der Waals surface area contributed by atoms with Crippen molar-refractivity contribution in [2.75, 3.05) is 11.9 Å². The quantitative estimate of drug-likeness (QED) is 0.540. The van der Waals surface area contributed by atoms with Crippen LogP contribution in [0, 0.1) is 0 Å². The van der Waals surface area contributed by atoms with E-state index in [1.165, 1.54) is 19.1 Å². The van der Waals surface area contributed by atoms with E-state index >= 15 is 0 Å². The second kappa shape index (κ2) is 8.44. The predicted octanol–water partition coefficient (Wildman–Crippen LogP) is 5.50. The lowest BCUT2D eigenvalue weighted by atomic mass is 10.1. The number of aromatic amines is 1. The SMILES string of the molecule is CCOC(=O)c1cc(-c2ccc(C(F)(F)F)cc2)[nH]c1-c1cccc(NC(C)=O)c1. The first-order valence-electron chi connectivity index (χ1n) is 9.15. The number of ether oxygens (including phenoxy) is 1. The Bertz CT molecular complexity index is 1070. The summed E-state index contributed by atoms with van der Waals surface area (Å²) in [6.45, 7) is 3.23. The Morgan fingerprint density at radius 1 is 1.03 bits per heavy atom. The van der Waals surface area contributed by atoms with Crippen LogP contribution in [-0.4, -0.2) is 23.5 Å². The smallest absolute Gasteiger partial charge is 0.416 e. The molecule has 0 saturated carbocycles. The van der Waals surface area contributed by atoms with Gasteiger partial charge in [0, 0.05) is 23.9 Å². The number of aromatic nitrogens is 1. The fraction of sp³-hybridized carbons (Fsp3) is 0.182. The largest absolute Gasteiger partial charge is 0.462 e. The van der Waals surface area contributed by atoms with Gasteiger partial charge in [0.05, 0.1) is 23.4 Å². The first kappa shape index (κ1) is 21.2. The molecule has 0 atom stereocenters. The van der Waals surface area contributed by atoms with Crippen molar-refractivity contribution in [3.05, 3.63) is 65.7 Å². The number of carbonyl (C=O) groups excluding carboxylic acids is 2. The van der Waals surface area contributed by atoms with Gasteiger partial charge >= 0.3 is 12.1 Å². The van der Waals surface area contributed by atoms with E-state index in [1.807, 2.05) is 0 Å². The minimum absolute atomic E-state index is 0.172. The summed E-state index contributed by atoms with van der Waals surface area (Å²) in [6.07, 6.45) is -4.43. The maximum Gasteiger partial charge on any atom is 0.416 e. The molecule has 2 aromatic carbocycles. The van der Waals surface area contributed by atoms with Crippen LogP contribution in [0.2, 0.25) is 0 Å². The molecule has 156 valence electrons. The van der Waals surface area contributed by atoms with Gasteiger partial charge in [0.1, 0.15) is 0 Å². The zero-order chi connectivity index (χ0) is 21.9. The number of hydrogen-bond donors (Lipinski definition) is 2. The summed E-state index contributed by atoms with van der Waals surface area (Å²) in [7, 11) is 0. The molecule has 0 saturated heterocycles. The molecule has 3 rings (SSSR count). The van der Waals surface area contributed by atoms with Crippen LogP contribution in [0.3, 0.4) is 0 Å². The Morgan fingerprint density at radius 2 is 1.73 bits per heavy atom. The van der Waals surface area contributed by atoms with Crippen molar-refractivity contribution in [1.82, 2.24) is 4.98 Å². The molecule has 8 heteroatoms. The van der Waals surface area contributed by atoms with Crippen LogP contribution in [0.15, 0.2) is 54.6 Å². The van der Waals surface area contributed by atoms with Crippen molar-refractivity contribution in [2.24, 2.45) is 0 Å². The summed E-state index contributed by atoms with van der Waals surface area (Å²) in [4.78, 5) is 26.9. The van der Waals surface area contributed by atoms with Gasteiger partial charge in [-0.05, 0) is 42.8 Å². The first-order chi connectivity index (χ1) is 14.2. The topological polar surface area (TPSA) is 71.2 Å². The highest BCUT2D eigenvalue weighted by Crippen LogP contribution is 2.33. The molecule has 0 spiro atoms. The second-order valence-electron chi connectivity index (χ2n) is 6.53. The van der Waals surface area contributed by atoms with Crippen LogP contribution in [0.1, 0.15) is 29.8 Å². The van der Waals surface area contributed by atoms with Gasteiger partial charge in [-0.3, -0.25) is 4.79 Å². The van der Waals surface area contributed by atoms with E-state index in [1.54, 1.807) is 37.3 Å². The molecule has 2 N–H and O–H groups in total. The van der Waals surface area contributed by atoms with E-state index in [-0.39, 0.29) is 18.1 Å². The van der Waals surface area contributed by atoms with Gasteiger partial charge < -0.3 is 15.0 Å². The van der Waals surface area contributed by atoms with E-state index in [2.05, 4.69) is 10.3 Å². The predicted molar refractivity (Wildman–Crippen MR) is 107 cm³/mol. The second-order valence-corrected chi connectivity index (χ2v) is 6.53. The van der Waals surface area contributed by atoms with Gasteiger partial charge in [-0.15, -0.1) is 0 Å². The molecule has 0 fully saturated rings. The molecule has 30 heavy (non-hydrogen) atoms. The molecular formula is C22H19F3N2O3. The fourth-order valence-electron chi connectivity index (χ4n) is 3.00. The van der Waals surface area contributed by atoms with Gasteiger partial charge in [0.15, 0.2) is 0 Å². The van der Waals surface area contributed by atoms with E-state index < -0.39 is 17.7 Å². The number of alkyl halides is 3. The third-order valence-electron chi connectivity index (χ3n) is 4.31. The molecule has 1 amide bonds. The summed E-state index contributed by atoms with van der Waals surface area (Å²) in [5.41, 5.74) is 2.03. The summed E-state index contributed by atoms with van der Waals surface area (Å²) >= 11 is 0. The number of carbonyl (C=O) groups is 2. The summed E-state index contributed by atoms with van der Waals surface area (Å²) in [5.74, 6) is -0.804. The van der Waals surface area contributed by atoms with E-state index in [0.717, 1.165) is 12.1 Å². The van der Waals surface area contributed by atoms with Crippen LogP contribution >= 0.6 is 0 Å². The summed E-state index contributed by atoms with van der Waals surface area (Å²) in [5, 5.41) is 2.67. The molecule has 0 aliphatic carbocycles. The average Bonchev–Trinajstić information content (AvgIpc) is 3.13. The Hall–Kier alpha value is -3.55. The van der Waals surface area contributed by atoms with Crippen molar-refractivity contribution < 1.29 is 27.5 Å². The lowest BCUT2D eigenvalue weighted by Crippen LogP contribution is -2.06. The van der Waals surface area contributed by atoms with Crippen molar-refractivity contribution in [1.29, 1.82) is 0 Å². The monoisotopic (exact) mass is 416 g/mol. The Morgan fingerprint density at radius 3 is 2.33 bits per heavy atom. The van der Waals surface area contributed by atoms with E-state index in [9.17, 15) is 22.8 Å². The minimum atomic E-state index is -4.43. The molecule has 0 aliphatic rings. The molecular weight excluding hydrogens is 397 g/mol. The standard InChI is InChI=1S/C22H19F3N2O3/c1-3-30-21(29)18-12-19(14-7-9-16(10-8-14)22(23,24)25)27-20(18)15-5-4-6-17(11-15)26-13(2)28/h4-12,27H,3H2,1-2H3,(H,26,28). The first-order valence-corrected chi connectivity index (χ1v) is 9.15. The Labute approximate surface area is 170 Å². The number of H-pyrrole nitrogens is 1. The average molecular weight is 416 g/mol. The highest BCUT2D eigenvalue weighted by Gasteiger charge is 2.30. The third-order valence-corrected chi connectivity index (χ3v) is 4.31. The number of rotatable bonds is 5.